The Balaban J connectivity index is 2.36. The van der Waals surface area contributed by atoms with Crippen molar-refractivity contribution in [3.8, 4) is 0 Å². The Morgan fingerprint density at radius 2 is 0.864 bits per heavy atom. The second-order valence-electron chi connectivity index (χ2n) is 17.1. The number of carbonyl (C=O) groups is 2. The molecule has 2 unspecified atom stereocenters. The molecule has 350 valence electrons. The molecule has 1 aliphatic rings. The molecule has 0 aromatic heterocycles. The zero-order valence-electron chi connectivity index (χ0n) is 37.4. The van der Waals surface area contributed by atoms with Gasteiger partial charge in [0.05, 0.1) is 6.61 Å². The summed E-state index contributed by atoms with van der Waals surface area (Å²) in [6.07, 6.45) is 28.6. The van der Waals surface area contributed by atoms with E-state index in [1.54, 1.807) is 0 Å². The number of esters is 2. The van der Waals surface area contributed by atoms with Crippen molar-refractivity contribution in [2.75, 3.05) is 19.0 Å². The van der Waals surface area contributed by atoms with Crippen LogP contribution in [0.25, 0.3) is 0 Å². The van der Waals surface area contributed by atoms with Crippen molar-refractivity contribution in [3.63, 3.8) is 0 Å². The van der Waals surface area contributed by atoms with E-state index in [2.05, 4.69) is 13.8 Å². The topological polar surface area (TPSA) is 186 Å². The summed E-state index contributed by atoms with van der Waals surface area (Å²) in [6.45, 7) is 3.78. The van der Waals surface area contributed by atoms with Crippen LogP contribution in [0.15, 0.2) is 0 Å². The Morgan fingerprint density at radius 1 is 0.508 bits per heavy atom. The van der Waals surface area contributed by atoms with Crippen LogP contribution >= 0.6 is 0 Å². The Morgan fingerprint density at radius 3 is 1.24 bits per heavy atom. The summed E-state index contributed by atoms with van der Waals surface area (Å²) in [5.74, 6) is -1.96. The van der Waals surface area contributed by atoms with Gasteiger partial charge in [-0.15, -0.1) is 0 Å². The fraction of sp³-hybridized carbons (Fsp3) is 0.957. The van der Waals surface area contributed by atoms with Gasteiger partial charge >= 0.3 is 11.9 Å². The highest BCUT2D eigenvalue weighted by Gasteiger charge is 2.46. The van der Waals surface area contributed by atoms with E-state index in [9.17, 15) is 37.9 Å². The third kappa shape index (κ3) is 32.1. The summed E-state index contributed by atoms with van der Waals surface area (Å²) in [5.41, 5.74) is 0. The lowest BCUT2D eigenvalue weighted by Gasteiger charge is -2.40. The molecule has 0 spiro atoms. The number of rotatable bonds is 41. The van der Waals surface area contributed by atoms with Gasteiger partial charge in [0.1, 0.15) is 36.8 Å². The minimum atomic E-state index is -4.60. The molecule has 4 N–H and O–H groups in total. The lowest BCUT2D eigenvalue weighted by Crippen LogP contribution is -2.60. The molecular formula is C46H88O12S. The molecule has 0 aromatic rings. The van der Waals surface area contributed by atoms with Crippen LogP contribution in [0, 0.1) is 0 Å². The number of aliphatic hydroxyl groups is 3. The normalized spacial score (nSPS) is 20.1. The molecule has 59 heavy (non-hydrogen) atoms. The van der Waals surface area contributed by atoms with Crippen LogP contribution < -0.4 is 0 Å². The van der Waals surface area contributed by atoms with Crippen LogP contribution in [0.2, 0.25) is 0 Å². The van der Waals surface area contributed by atoms with E-state index in [-0.39, 0.29) is 19.4 Å². The van der Waals surface area contributed by atoms with Gasteiger partial charge in [-0.25, -0.2) is 0 Å². The number of carbonyl (C=O) groups excluding carboxylic acids is 2. The summed E-state index contributed by atoms with van der Waals surface area (Å²) in [6, 6.07) is 0. The van der Waals surface area contributed by atoms with E-state index in [0.29, 0.717) is 12.8 Å². The highest BCUT2D eigenvalue weighted by atomic mass is 32.2. The van der Waals surface area contributed by atoms with Gasteiger partial charge < -0.3 is 34.3 Å². The Kier molecular flexibility index (Phi) is 35.1. The summed E-state index contributed by atoms with van der Waals surface area (Å²) >= 11 is 0. The molecule has 13 heteroatoms. The van der Waals surface area contributed by atoms with Gasteiger partial charge in [0.15, 0.2) is 12.4 Å². The van der Waals surface area contributed by atoms with Crippen molar-refractivity contribution >= 4 is 22.1 Å². The van der Waals surface area contributed by atoms with E-state index in [1.807, 2.05) is 0 Å². The van der Waals surface area contributed by atoms with Gasteiger partial charge in [0.2, 0.25) is 0 Å². The molecular weight excluding hydrogens is 777 g/mol. The van der Waals surface area contributed by atoms with Crippen LogP contribution in [0.3, 0.4) is 0 Å². The van der Waals surface area contributed by atoms with Crippen molar-refractivity contribution < 1.29 is 56.8 Å². The second-order valence-corrected chi connectivity index (χ2v) is 18.6. The first kappa shape index (κ1) is 55.7. The Hall–Kier alpha value is -1.35. The molecule has 6 atom stereocenters. The molecule has 1 aliphatic heterocycles. The minimum Gasteiger partial charge on any atom is -0.462 e. The van der Waals surface area contributed by atoms with E-state index in [1.165, 1.54) is 148 Å². The maximum atomic E-state index is 12.8. The van der Waals surface area contributed by atoms with Crippen LogP contribution in [0.4, 0.5) is 0 Å². The van der Waals surface area contributed by atoms with E-state index in [0.717, 1.165) is 38.5 Å². The van der Waals surface area contributed by atoms with E-state index in [4.69, 9.17) is 18.9 Å². The number of hydrogen-bond donors (Lipinski definition) is 4. The first-order valence-corrected chi connectivity index (χ1v) is 25.7. The molecule has 0 radical (unpaired) electrons. The average Bonchev–Trinajstić information content (AvgIpc) is 3.20. The Bertz CT molecular complexity index is 1110. The average molecular weight is 865 g/mol. The molecule has 0 bridgehead atoms. The highest BCUT2D eigenvalue weighted by molar-refractivity contribution is 7.85. The lowest BCUT2D eigenvalue weighted by molar-refractivity contribution is -0.297. The molecule has 1 rings (SSSR count). The fourth-order valence-corrected chi connectivity index (χ4v) is 8.37. The van der Waals surface area contributed by atoms with Gasteiger partial charge in [-0.1, -0.05) is 200 Å². The summed E-state index contributed by atoms with van der Waals surface area (Å²) in [7, 11) is -4.60. The lowest BCUT2D eigenvalue weighted by atomic mass is 10.00. The van der Waals surface area contributed by atoms with Crippen molar-refractivity contribution in [1.29, 1.82) is 0 Å². The third-order valence-corrected chi connectivity index (χ3v) is 12.2. The third-order valence-electron chi connectivity index (χ3n) is 11.4. The number of unbranched alkanes of at least 4 members (excludes halogenated alkanes) is 29. The van der Waals surface area contributed by atoms with Gasteiger partial charge in [-0.05, 0) is 12.8 Å². The van der Waals surface area contributed by atoms with E-state index < -0.39 is 71.2 Å². The van der Waals surface area contributed by atoms with Crippen LogP contribution in [-0.2, 0) is 38.7 Å². The van der Waals surface area contributed by atoms with Crippen molar-refractivity contribution in [1.82, 2.24) is 0 Å². The highest BCUT2D eigenvalue weighted by Crippen LogP contribution is 2.24. The fourth-order valence-electron chi connectivity index (χ4n) is 7.68. The van der Waals surface area contributed by atoms with Crippen LogP contribution in [0.1, 0.15) is 226 Å². The Labute approximate surface area is 359 Å². The zero-order valence-corrected chi connectivity index (χ0v) is 38.2. The smallest absolute Gasteiger partial charge is 0.306 e. The number of hydrogen-bond acceptors (Lipinski definition) is 11. The first-order valence-electron chi connectivity index (χ1n) is 24.1. The molecule has 0 aromatic carbocycles. The number of aliphatic hydroxyl groups excluding tert-OH is 3. The van der Waals surface area contributed by atoms with Gasteiger partial charge in [0, 0.05) is 12.8 Å². The quantitative estimate of drug-likeness (QED) is 0.0259. The van der Waals surface area contributed by atoms with Gasteiger partial charge in [-0.3, -0.25) is 14.1 Å². The van der Waals surface area contributed by atoms with E-state index >= 15 is 0 Å². The second kappa shape index (κ2) is 37.2. The minimum absolute atomic E-state index is 0.172. The van der Waals surface area contributed by atoms with Gasteiger partial charge in [-0.2, -0.15) is 8.42 Å². The van der Waals surface area contributed by atoms with Gasteiger partial charge in [0.25, 0.3) is 10.1 Å². The molecule has 1 heterocycles. The maximum absolute atomic E-state index is 12.8. The van der Waals surface area contributed by atoms with Crippen molar-refractivity contribution in [2.24, 2.45) is 0 Å². The number of ether oxygens (including phenoxy) is 4. The first-order chi connectivity index (χ1) is 28.5. The predicted molar refractivity (Wildman–Crippen MR) is 234 cm³/mol. The largest absolute Gasteiger partial charge is 0.462 e. The zero-order chi connectivity index (χ0) is 43.4. The maximum Gasteiger partial charge on any atom is 0.306 e. The monoisotopic (exact) mass is 865 g/mol. The molecule has 1 saturated heterocycles. The molecule has 0 amide bonds. The molecule has 0 aliphatic carbocycles. The summed E-state index contributed by atoms with van der Waals surface area (Å²) in [4.78, 5) is 25.4. The predicted octanol–water partition coefficient (Wildman–Crippen LogP) is 10.1. The van der Waals surface area contributed by atoms with Crippen LogP contribution in [-0.4, -0.2) is 96.0 Å². The van der Waals surface area contributed by atoms with Crippen LogP contribution in [0.5, 0.6) is 0 Å². The SMILES string of the molecule is CCCCCCCCCCCCCCCCCCCCCC(=O)OC[C@H](CO[C@H]1O[C@H](CS(=O)(=O)O)[C@@H](O)C(O)C1O)OC(=O)CCCCCCCCCCCCCC. The molecule has 0 saturated carbocycles. The summed E-state index contributed by atoms with van der Waals surface area (Å²) in [5, 5.41) is 30.9. The molecule has 12 nitrogen and oxygen atoms in total. The standard InChI is InChI=1S/C46H88O12S/c1-3-5-7-9-11-13-15-17-18-19-20-21-22-23-25-26-28-30-32-34-41(47)55-36-39(37-56-46-45(51)44(50)43(49)40(58-46)38-59(52,53)54)57-42(48)35-33-31-29-27-24-16-14-12-10-8-6-4-2/h39-40,43-46,49-51H,3-38H2,1-2H3,(H,52,53,54)/t39-,40-,43-,44?,45?,46+/m1/s1. The summed E-state index contributed by atoms with van der Waals surface area (Å²) < 4.78 is 54.1. The van der Waals surface area contributed by atoms with Crippen molar-refractivity contribution in [3.05, 3.63) is 0 Å². The molecule has 1 fully saturated rings. The van der Waals surface area contributed by atoms with Crippen molar-refractivity contribution in [2.45, 2.75) is 263 Å².